The molecule has 156 valence electrons. The van der Waals surface area contributed by atoms with Crippen molar-refractivity contribution >= 4 is 37.5 Å². The number of ether oxygens (including phenoxy) is 2. The first-order chi connectivity index (χ1) is 13.9. The molecule has 7 nitrogen and oxygen atoms in total. The van der Waals surface area contributed by atoms with E-state index in [2.05, 4.69) is 26.0 Å². The molecule has 1 amide bonds. The van der Waals surface area contributed by atoms with Gasteiger partial charge in [-0.2, -0.15) is 0 Å². The van der Waals surface area contributed by atoms with Gasteiger partial charge in [0, 0.05) is 17.6 Å². The molecule has 0 spiro atoms. The molecule has 0 aromatic heterocycles. The molecule has 3 rings (SSSR count). The lowest BCUT2D eigenvalue weighted by molar-refractivity contribution is 0.0858. The molecule has 2 aromatic carbocycles. The molecule has 9 heteroatoms. The average Bonchev–Trinajstić information content (AvgIpc) is 3.21. The number of para-hydroxylation sites is 1. The normalized spacial score (nSPS) is 16.4. The van der Waals surface area contributed by atoms with Crippen molar-refractivity contribution in [2.45, 2.75) is 30.8 Å². The molecule has 0 aliphatic carbocycles. The number of halogens is 1. The lowest BCUT2D eigenvalue weighted by Gasteiger charge is -2.16. The number of benzene rings is 2. The SMILES string of the molecule is CCOc1ccc(Br)cc1S(=O)(=O)Nc1ccccc1C(=O)NCC1CCCO1. The topological polar surface area (TPSA) is 93.7 Å². The molecule has 1 atom stereocenters. The summed E-state index contributed by atoms with van der Waals surface area (Å²) in [6.45, 7) is 3.19. The van der Waals surface area contributed by atoms with E-state index < -0.39 is 10.0 Å². The number of carbonyl (C=O) groups excluding carboxylic acids is 1. The van der Waals surface area contributed by atoms with Gasteiger partial charge < -0.3 is 14.8 Å². The Morgan fingerprint density at radius 1 is 1.28 bits per heavy atom. The molecular formula is C20H23BrN2O5S. The molecule has 1 unspecified atom stereocenters. The van der Waals surface area contributed by atoms with E-state index in [1.807, 2.05) is 0 Å². The Bertz CT molecular complexity index is 975. The van der Waals surface area contributed by atoms with Gasteiger partial charge >= 0.3 is 0 Å². The van der Waals surface area contributed by atoms with Crippen LogP contribution in [0.5, 0.6) is 5.75 Å². The molecule has 1 saturated heterocycles. The maximum Gasteiger partial charge on any atom is 0.265 e. The summed E-state index contributed by atoms with van der Waals surface area (Å²) in [7, 11) is -3.98. The molecule has 0 bridgehead atoms. The third-order valence-corrected chi connectivity index (χ3v) is 6.31. The molecule has 2 N–H and O–H groups in total. The van der Waals surface area contributed by atoms with Gasteiger partial charge in [-0.05, 0) is 50.1 Å². The minimum absolute atomic E-state index is 0.00164. The second-order valence-electron chi connectivity index (χ2n) is 6.52. The number of carbonyl (C=O) groups is 1. The fourth-order valence-corrected chi connectivity index (χ4v) is 4.81. The minimum Gasteiger partial charge on any atom is -0.492 e. The molecule has 1 aliphatic heterocycles. The number of amides is 1. The highest BCUT2D eigenvalue weighted by atomic mass is 79.9. The summed E-state index contributed by atoms with van der Waals surface area (Å²) in [4.78, 5) is 12.6. The highest BCUT2D eigenvalue weighted by molar-refractivity contribution is 9.10. The molecular weight excluding hydrogens is 460 g/mol. The van der Waals surface area contributed by atoms with E-state index in [1.165, 1.54) is 6.07 Å². The number of rotatable bonds is 8. The first kappa shape index (κ1) is 21.6. The Labute approximate surface area is 179 Å². The number of sulfonamides is 1. The highest BCUT2D eigenvalue weighted by Crippen LogP contribution is 2.30. The summed E-state index contributed by atoms with van der Waals surface area (Å²) in [6, 6.07) is 11.2. The number of hydrogen-bond acceptors (Lipinski definition) is 5. The van der Waals surface area contributed by atoms with Crippen LogP contribution in [-0.4, -0.2) is 40.2 Å². The Morgan fingerprint density at radius 3 is 2.79 bits per heavy atom. The molecule has 29 heavy (non-hydrogen) atoms. The van der Waals surface area contributed by atoms with E-state index in [0.717, 1.165) is 12.8 Å². The molecule has 1 heterocycles. The van der Waals surface area contributed by atoms with Gasteiger partial charge in [0.2, 0.25) is 0 Å². The Balaban J connectivity index is 1.83. The molecule has 1 fully saturated rings. The zero-order valence-corrected chi connectivity index (χ0v) is 18.4. The second kappa shape index (κ2) is 9.60. The van der Waals surface area contributed by atoms with Crippen LogP contribution < -0.4 is 14.8 Å². The first-order valence-corrected chi connectivity index (χ1v) is 11.6. The lowest BCUT2D eigenvalue weighted by Crippen LogP contribution is -2.32. The molecule has 0 radical (unpaired) electrons. The molecule has 0 saturated carbocycles. The summed E-state index contributed by atoms with van der Waals surface area (Å²) < 4.78 is 40.1. The van der Waals surface area contributed by atoms with Gasteiger partial charge in [0.15, 0.2) is 0 Å². The van der Waals surface area contributed by atoms with E-state index in [0.29, 0.717) is 24.2 Å². The highest BCUT2D eigenvalue weighted by Gasteiger charge is 2.23. The van der Waals surface area contributed by atoms with Gasteiger partial charge in [-0.25, -0.2) is 8.42 Å². The van der Waals surface area contributed by atoms with Crippen molar-refractivity contribution in [1.82, 2.24) is 5.32 Å². The Kier molecular flexibility index (Phi) is 7.15. The first-order valence-electron chi connectivity index (χ1n) is 9.34. The van der Waals surface area contributed by atoms with Crippen molar-refractivity contribution in [2.75, 3.05) is 24.5 Å². The lowest BCUT2D eigenvalue weighted by atomic mass is 10.1. The quantitative estimate of drug-likeness (QED) is 0.599. The largest absolute Gasteiger partial charge is 0.492 e. The maximum absolute atomic E-state index is 13.0. The van der Waals surface area contributed by atoms with E-state index in [-0.39, 0.29) is 33.9 Å². The van der Waals surface area contributed by atoms with E-state index in [9.17, 15) is 13.2 Å². The summed E-state index contributed by atoms with van der Waals surface area (Å²) in [6.07, 6.45) is 1.88. The van der Waals surface area contributed by atoms with Crippen molar-refractivity contribution in [3.63, 3.8) is 0 Å². The summed E-state index contributed by atoms with van der Waals surface area (Å²) >= 11 is 3.29. The van der Waals surface area contributed by atoms with Crippen LogP contribution >= 0.6 is 15.9 Å². The van der Waals surface area contributed by atoms with Crippen molar-refractivity contribution in [2.24, 2.45) is 0 Å². The monoisotopic (exact) mass is 482 g/mol. The van der Waals surface area contributed by atoms with Gasteiger partial charge in [-0.15, -0.1) is 0 Å². The van der Waals surface area contributed by atoms with E-state index in [4.69, 9.17) is 9.47 Å². The zero-order valence-electron chi connectivity index (χ0n) is 16.0. The van der Waals surface area contributed by atoms with Gasteiger partial charge in [0.05, 0.1) is 24.0 Å². The molecule has 2 aromatic rings. The van der Waals surface area contributed by atoms with Crippen LogP contribution in [0.4, 0.5) is 5.69 Å². The fourth-order valence-electron chi connectivity index (χ4n) is 3.04. The van der Waals surface area contributed by atoms with Gasteiger partial charge in [0.1, 0.15) is 10.6 Å². The number of anilines is 1. The summed E-state index contributed by atoms with van der Waals surface area (Å²) in [5.74, 6) is -0.124. The van der Waals surface area contributed by atoms with Gasteiger partial charge in [0.25, 0.3) is 15.9 Å². The van der Waals surface area contributed by atoms with Gasteiger partial charge in [-0.1, -0.05) is 28.1 Å². The van der Waals surface area contributed by atoms with Crippen molar-refractivity contribution in [3.05, 3.63) is 52.5 Å². The third-order valence-electron chi connectivity index (χ3n) is 4.43. The van der Waals surface area contributed by atoms with Crippen LogP contribution in [0, 0.1) is 0 Å². The van der Waals surface area contributed by atoms with Gasteiger partial charge in [-0.3, -0.25) is 9.52 Å². The maximum atomic E-state index is 13.0. The van der Waals surface area contributed by atoms with Crippen LogP contribution in [0.3, 0.4) is 0 Å². The summed E-state index contributed by atoms with van der Waals surface area (Å²) in [5, 5.41) is 2.82. The predicted molar refractivity (Wildman–Crippen MR) is 114 cm³/mol. The van der Waals surface area contributed by atoms with Crippen molar-refractivity contribution in [3.8, 4) is 5.75 Å². The average molecular weight is 483 g/mol. The summed E-state index contributed by atoms with van der Waals surface area (Å²) in [5.41, 5.74) is 0.432. The van der Waals surface area contributed by atoms with Crippen molar-refractivity contribution < 1.29 is 22.7 Å². The van der Waals surface area contributed by atoms with Crippen LogP contribution in [0.2, 0.25) is 0 Å². The van der Waals surface area contributed by atoms with E-state index >= 15 is 0 Å². The fraction of sp³-hybridized carbons (Fsp3) is 0.350. The predicted octanol–water partition coefficient (Wildman–Crippen LogP) is 3.56. The zero-order chi connectivity index (χ0) is 20.9. The second-order valence-corrected chi connectivity index (χ2v) is 9.09. The Morgan fingerprint density at radius 2 is 2.07 bits per heavy atom. The minimum atomic E-state index is -3.98. The number of hydrogen-bond donors (Lipinski definition) is 2. The van der Waals surface area contributed by atoms with E-state index in [1.54, 1.807) is 43.3 Å². The van der Waals surface area contributed by atoms with Crippen molar-refractivity contribution in [1.29, 1.82) is 0 Å². The smallest absolute Gasteiger partial charge is 0.265 e. The Hall–Kier alpha value is -2.10. The third kappa shape index (κ3) is 5.49. The van der Waals surface area contributed by atoms with Crippen LogP contribution in [-0.2, 0) is 14.8 Å². The molecule has 1 aliphatic rings. The van der Waals surface area contributed by atoms with Crippen LogP contribution in [0.1, 0.15) is 30.1 Å². The number of nitrogens with one attached hydrogen (secondary N) is 2. The van der Waals surface area contributed by atoms with Crippen LogP contribution in [0.25, 0.3) is 0 Å². The standard InChI is InChI=1S/C20H23BrN2O5S/c1-2-27-18-10-9-14(21)12-19(18)29(25,26)23-17-8-4-3-7-16(17)20(24)22-13-15-6-5-11-28-15/h3-4,7-10,12,15,23H,2,5-6,11,13H2,1H3,(H,22,24). The van der Waals surface area contributed by atoms with Crippen LogP contribution in [0.15, 0.2) is 51.8 Å².